The fourth-order valence-electron chi connectivity index (χ4n) is 2.42. The molecular formula is C19H17FN2OS. The highest BCUT2D eigenvalue weighted by Crippen LogP contribution is 2.25. The van der Waals surface area contributed by atoms with Gasteiger partial charge in [0.15, 0.2) is 0 Å². The Morgan fingerprint density at radius 1 is 1.00 bits per heavy atom. The van der Waals surface area contributed by atoms with Crippen molar-refractivity contribution in [2.45, 2.75) is 6.04 Å². The molecule has 1 atom stereocenters. The molecular weight excluding hydrogens is 323 g/mol. The number of carbonyl (C=O) groups excluding carboxylic acids is 1. The number of thiophene rings is 1. The van der Waals surface area contributed by atoms with Crippen LogP contribution in [0.4, 0.5) is 10.1 Å². The number of carbonyl (C=O) groups is 1. The third-order valence-electron chi connectivity index (χ3n) is 3.56. The van der Waals surface area contributed by atoms with Gasteiger partial charge in [-0.05, 0) is 41.3 Å². The Kier molecular flexibility index (Phi) is 5.36. The molecule has 3 nitrogen and oxygen atoms in total. The molecule has 0 aliphatic rings. The van der Waals surface area contributed by atoms with E-state index in [2.05, 4.69) is 10.6 Å². The molecule has 1 heterocycles. The summed E-state index contributed by atoms with van der Waals surface area (Å²) in [5.74, 6) is -0.493. The maximum absolute atomic E-state index is 12.9. The zero-order valence-electron chi connectivity index (χ0n) is 12.9. The molecule has 0 unspecified atom stereocenters. The maximum atomic E-state index is 12.9. The molecule has 122 valence electrons. The van der Waals surface area contributed by atoms with Gasteiger partial charge in [0, 0.05) is 10.6 Å². The predicted octanol–water partition coefficient (Wildman–Crippen LogP) is 4.20. The quantitative estimate of drug-likeness (QED) is 0.706. The summed E-state index contributed by atoms with van der Waals surface area (Å²) in [5, 5.41) is 8.07. The van der Waals surface area contributed by atoms with Crippen molar-refractivity contribution >= 4 is 22.9 Å². The van der Waals surface area contributed by atoms with E-state index in [1.807, 2.05) is 47.8 Å². The maximum Gasteiger partial charge on any atom is 0.238 e. The van der Waals surface area contributed by atoms with E-state index in [1.165, 1.54) is 12.1 Å². The van der Waals surface area contributed by atoms with Crippen LogP contribution >= 0.6 is 11.3 Å². The highest BCUT2D eigenvalue weighted by Gasteiger charge is 2.15. The second-order valence-corrected chi connectivity index (χ2v) is 6.27. The topological polar surface area (TPSA) is 41.1 Å². The van der Waals surface area contributed by atoms with Crippen molar-refractivity contribution in [3.8, 4) is 0 Å². The molecule has 0 saturated carbocycles. The van der Waals surface area contributed by atoms with Crippen molar-refractivity contribution in [3.63, 3.8) is 0 Å². The van der Waals surface area contributed by atoms with Crippen LogP contribution in [0.25, 0.3) is 0 Å². The molecule has 0 radical (unpaired) electrons. The van der Waals surface area contributed by atoms with E-state index in [9.17, 15) is 9.18 Å². The van der Waals surface area contributed by atoms with E-state index in [-0.39, 0.29) is 24.3 Å². The van der Waals surface area contributed by atoms with Crippen LogP contribution in [0.15, 0.2) is 72.1 Å². The molecule has 3 aromatic rings. The number of anilines is 1. The van der Waals surface area contributed by atoms with Crippen LogP contribution in [0, 0.1) is 5.82 Å². The molecule has 1 amide bonds. The summed E-state index contributed by atoms with van der Waals surface area (Å²) in [6.07, 6.45) is 0. The Bertz CT molecular complexity index is 773. The second-order valence-electron chi connectivity index (χ2n) is 5.30. The van der Waals surface area contributed by atoms with Crippen LogP contribution < -0.4 is 10.6 Å². The lowest BCUT2D eigenvalue weighted by Crippen LogP contribution is -2.31. The van der Waals surface area contributed by atoms with Gasteiger partial charge in [0.1, 0.15) is 5.82 Å². The van der Waals surface area contributed by atoms with Crippen molar-refractivity contribution < 1.29 is 9.18 Å². The van der Waals surface area contributed by atoms with Gasteiger partial charge in [-0.25, -0.2) is 4.39 Å². The minimum absolute atomic E-state index is 0.0369. The molecule has 0 aliphatic carbocycles. The minimum atomic E-state index is -0.326. The third-order valence-corrected chi connectivity index (χ3v) is 4.49. The summed E-state index contributed by atoms with van der Waals surface area (Å²) in [4.78, 5) is 13.3. The lowest BCUT2D eigenvalue weighted by molar-refractivity contribution is -0.115. The van der Waals surface area contributed by atoms with Crippen molar-refractivity contribution in [1.82, 2.24) is 5.32 Å². The molecule has 2 N–H and O–H groups in total. The zero-order valence-corrected chi connectivity index (χ0v) is 13.7. The van der Waals surface area contributed by atoms with Crippen LogP contribution in [0.5, 0.6) is 0 Å². The Labute approximate surface area is 144 Å². The first-order valence-corrected chi connectivity index (χ1v) is 8.47. The first kappa shape index (κ1) is 16.4. The molecule has 1 aromatic heterocycles. The predicted molar refractivity (Wildman–Crippen MR) is 95.6 cm³/mol. The molecule has 24 heavy (non-hydrogen) atoms. The molecule has 0 spiro atoms. The number of halogens is 1. The fourth-order valence-corrected chi connectivity index (χ4v) is 3.24. The summed E-state index contributed by atoms with van der Waals surface area (Å²) >= 11 is 1.65. The molecule has 5 heteroatoms. The monoisotopic (exact) mass is 340 g/mol. The normalized spacial score (nSPS) is 11.9. The summed E-state index contributed by atoms with van der Waals surface area (Å²) in [5.41, 5.74) is 1.69. The summed E-state index contributed by atoms with van der Waals surface area (Å²) < 4.78 is 12.9. The highest BCUT2D eigenvalue weighted by atomic mass is 32.1. The lowest BCUT2D eigenvalue weighted by atomic mass is 10.1. The van der Waals surface area contributed by atoms with Gasteiger partial charge in [0.05, 0.1) is 12.6 Å². The number of amides is 1. The number of nitrogens with one attached hydrogen (secondary N) is 2. The average Bonchev–Trinajstić information content (AvgIpc) is 3.12. The van der Waals surface area contributed by atoms with Gasteiger partial charge in [0.2, 0.25) is 5.91 Å². The highest BCUT2D eigenvalue weighted by molar-refractivity contribution is 7.10. The minimum Gasteiger partial charge on any atom is -0.325 e. The van der Waals surface area contributed by atoms with Gasteiger partial charge in [0.25, 0.3) is 0 Å². The number of rotatable bonds is 6. The molecule has 0 aliphatic heterocycles. The Balaban J connectivity index is 1.65. The van der Waals surface area contributed by atoms with E-state index in [0.717, 1.165) is 10.4 Å². The van der Waals surface area contributed by atoms with Gasteiger partial charge < -0.3 is 5.32 Å². The second kappa shape index (κ2) is 7.86. The number of hydrogen-bond acceptors (Lipinski definition) is 3. The smallest absolute Gasteiger partial charge is 0.238 e. The van der Waals surface area contributed by atoms with E-state index < -0.39 is 0 Å². The fraction of sp³-hybridized carbons (Fsp3) is 0.105. The van der Waals surface area contributed by atoms with Gasteiger partial charge in [-0.3, -0.25) is 10.1 Å². The van der Waals surface area contributed by atoms with Gasteiger partial charge in [-0.15, -0.1) is 11.3 Å². The molecule has 3 rings (SSSR count). The van der Waals surface area contributed by atoms with E-state index >= 15 is 0 Å². The van der Waals surface area contributed by atoms with Crippen molar-refractivity contribution in [2.75, 3.05) is 11.9 Å². The lowest BCUT2D eigenvalue weighted by Gasteiger charge is -2.18. The van der Waals surface area contributed by atoms with E-state index in [0.29, 0.717) is 5.69 Å². The van der Waals surface area contributed by atoms with Crippen LogP contribution in [0.2, 0.25) is 0 Å². The van der Waals surface area contributed by atoms with E-state index in [4.69, 9.17) is 0 Å². The summed E-state index contributed by atoms with van der Waals surface area (Å²) in [6, 6.07) is 19.7. The first-order valence-electron chi connectivity index (χ1n) is 7.59. The van der Waals surface area contributed by atoms with E-state index in [1.54, 1.807) is 23.5 Å². The Hall–Kier alpha value is -2.50. The molecule has 2 aromatic carbocycles. The van der Waals surface area contributed by atoms with Crippen LogP contribution in [-0.2, 0) is 4.79 Å². The largest absolute Gasteiger partial charge is 0.325 e. The average molecular weight is 340 g/mol. The zero-order chi connectivity index (χ0) is 16.8. The van der Waals surface area contributed by atoms with Crippen molar-refractivity contribution in [1.29, 1.82) is 0 Å². The molecule has 0 saturated heterocycles. The van der Waals surface area contributed by atoms with Crippen molar-refractivity contribution in [2.24, 2.45) is 0 Å². The Morgan fingerprint density at radius 3 is 2.42 bits per heavy atom. The van der Waals surface area contributed by atoms with Gasteiger partial charge in [-0.1, -0.05) is 36.4 Å². The molecule has 0 fully saturated rings. The van der Waals surface area contributed by atoms with Crippen LogP contribution in [0.1, 0.15) is 16.5 Å². The van der Waals surface area contributed by atoms with Gasteiger partial charge >= 0.3 is 0 Å². The third kappa shape index (κ3) is 4.28. The number of hydrogen-bond donors (Lipinski definition) is 2. The van der Waals surface area contributed by atoms with Gasteiger partial charge in [-0.2, -0.15) is 0 Å². The summed E-state index contributed by atoms with van der Waals surface area (Å²) in [7, 11) is 0. The van der Waals surface area contributed by atoms with Crippen molar-refractivity contribution in [3.05, 3.63) is 88.4 Å². The summed E-state index contributed by atoms with van der Waals surface area (Å²) in [6.45, 7) is 0.162. The SMILES string of the molecule is O=C(CN[C@H](c1ccccc1)c1cccs1)Nc1ccc(F)cc1. The van der Waals surface area contributed by atoms with Crippen LogP contribution in [0.3, 0.4) is 0 Å². The molecule has 0 bridgehead atoms. The first-order chi connectivity index (χ1) is 11.7. The standard InChI is InChI=1S/C19H17FN2OS/c20-15-8-10-16(11-9-15)22-18(23)13-21-19(17-7-4-12-24-17)14-5-2-1-3-6-14/h1-12,19,21H,13H2,(H,22,23)/t19-/m1/s1. The number of benzene rings is 2. The van der Waals surface area contributed by atoms with Crippen LogP contribution in [-0.4, -0.2) is 12.5 Å². The Morgan fingerprint density at radius 2 is 1.75 bits per heavy atom.